The molecule has 0 aliphatic heterocycles. The molecule has 0 saturated carbocycles. The molecule has 0 bridgehead atoms. The van der Waals surface area contributed by atoms with E-state index in [1.54, 1.807) is 24.4 Å². The molecule has 21 heavy (non-hydrogen) atoms. The lowest BCUT2D eigenvalue weighted by molar-refractivity contribution is -0.141. The molecule has 1 amide bonds. The molecular formula is C16H18N2O3. The molecule has 5 nitrogen and oxygen atoms in total. The molecule has 0 N–H and O–H groups in total. The molecule has 1 heterocycles. The molecular weight excluding hydrogens is 268 g/mol. The number of rotatable bonds is 5. The molecule has 0 atom stereocenters. The van der Waals surface area contributed by atoms with Crippen molar-refractivity contribution < 1.29 is 14.3 Å². The van der Waals surface area contributed by atoms with Gasteiger partial charge in [-0.2, -0.15) is 0 Å². The first-order valence-corrected chi connectivity index (χ1v) is 6.87. The lowest BCUT2D eigenvalue weighted by Gasteiger charge is -2.21. The van der Waals surface area contributed by atoms with Gasteiger partial charge in [-0.05, 0) is 24.6 Å². The van der Waals surface area contributed by atoms with Crippen LogP contribution < -0.4 is 0 Å². The lowest BCUT2D eigenvalue weighted by Crippen LogP contribution is -2.36. The molecule has 2 rings (SSSR count). The largest absolute Gasteiger partial charge is 0.468 e. The van der Waals surface area contributed by atoms with Crippen molar-refractivity contribution in [3.05, 3.63) is 42.1 Å². The van der Waals surface area contributed by atoms with Gasteiger partial charge in [0.2, 0.25) is 0 Å². The van der Waals surface area contributed by atoms with Crippen molar-refractivity contribution in [3.63, 3.8) is 0 Å². The monoisotopic (exact) mass is 286 g/mol. The Balaban J connectivity index is 2.36. The third-order valence-electron chi connectivity index (χ3n) is 3.20. The Morgan fingerprint density at radius 2 is 2.05 bits per heavy atom. The summed E-state index contributed by atoms with van der Waals surface area (Å²) in [6.45, 7) is 2.42. The van der Waals surface area contributed by atoms with Gasteiger partial charge in [-0.1, -0.05) is 19.1 Å². The van der Waals surface area contributed by atoms with Crippen molar-refractivity contribution in [2.75, 3.05) is 20.2 Å². The van der Waals surface area contributed by atoms with Crippen molar-refractivity contribution >= 4 is 22.8 Å². The van der Waals surface area contributed by atoms with Crippen LogP contribution in [0, 0.1) is 0 Å². The summed E-state index contributed by atoms with van der Waals surface area (Å²) in [6.07, 6.45) is 2.46. The Morgan fingerprint density at radius 3 is 2.76 bits per heavy atom. The van der Waals surface area contributed by atoms with Crippen LogP contribution in [0.5, 0.6) is 0 Å². The van der Waals surface area contributed by atoms with E-state index in [9.17, 15) is 9.59 Å². The highest BCUT2D eigenvalue weighted by Crippen LogP contribution is 2.18. The van der Waals surface area contributed by atoms with E-state index in [1.807, 2.05) is 19.1 Å². The number of esters is 1. The second-order valence-electron chi connectivity index (χ2n) is 4.68. The number of carbonyl (C=O) groups excluding carboxylic acids is 2. The van der Waals surface area contributed by atoms with Crippen LogP contribution >= 0.6 is 0 Å². The Labute approximate surface area is 123 Å². The standard InChI is InChI=1S/C16H18N2O3/c1-3-10-18(11-15(19)21-2)16(20)13-6-4-8-14-12(13)7-5-9-17-14/h4-9H,3,10-11H2,1-2H3. The van der Waals surface area contributed by atoms with Crippen molar-refractivity contribution in [1.82, 2.24) is 9.88 Å². The number of fused-ring (bicyclic) bond motifs is 1. The first kappa shape index (κ1) is 15.0. The minimum atomic E-state index is -0.421. The molecule has 0 spiro atoms. The SMILES string of the molecule is CCCN(CC(=O)OC)C(=O)c1cccc2ncccc12. The molecule has 0 radical (unpaired) electrons. The summed E-state index contributed by atoms with van der Waals surface area (Å²) in [6, 6.07) is 9.06. The van der Waals surface area contributed by atoms with Crippen molar-refractivity contribution in [3.8, 4) is 0 Å². The van der Waals surface area contributed by atoms with Crippen LogP contribution in [0.2, 0.25) is 0 Å². The molecule has 0 aliphatic rings. The van der Waals surface area contributed by atoms with Gasteiger partial charge in [-0.25, -0.2) is 0 Å². The number of pyridine rings is 1. The van der Waals surface area contributed by atoms with Crippen LogP contribution in [0.4, 0.5) is 0 Å². The first-order valence-electron chi connectivity index (χ1n) is 6.87. The highest BCUT2D eigenvalue weighted by molar-refractivity contribution is 6.06. The van der Waals surface area contributed by atoms with E-state index in [2.05, 4.69) is 9.72 Å². The van der Waals surface area contributed by atoms with Gasteiger partial charge in [0.25, 0.3) is 5.91 Å². The van der Waals surface area contributed by atoms with Gasteiger partial charge >= 0.3 is 5.97 Å². The fourth-order valence-electron chi connectivity index (χ4n) is 2.20. The molecule has 0 aliphatic carbocycles. The van der Waals surface area contributed by atoms with Gasteiger partial charge in [0, 0.05) is 23.7 Å². The van der Waals surface area contributed by atoms with E-state index < -0.39 is 5.97 Å². The van der Waals surface area contributed by atoms with Crippen molar-refractivity contribution in [1.29, 1.82) is 0 Å². The van der Waals surface area contributed by atoms with Gasteiger partial charge in [0.05, 0.1) is 12.6 Å². The van der Waals surface area contributed by atoms with Crippen LogP contribution in [0.1, 0.15) is 23.7 Å². The average Bonchev–Trinajstić information content (AvgIpc) is 2.53. The van der Waals surface area contributed by atoms with E-state index in [-0.39, 0.29) is 12.5 Å². The summed E-state index contributed by atoms with van der Waals surface area (Å²) in [4.78, 5) is 29.9. The van der Waals surface area contributed by atoms with E-state index in [4.69, 9.17) is 0 Å². The second kappa shape index (κ2) is 6.83. The molecule has 0 fully saturated rings. The summed E-state index contributed by atoms with van der Waals surface area (Å²) in [5.41, 5.74) is 1.32. The first-order chi connectivity index (χ1) is 10.2. The second-order valence-corrected chi connectivity index (χ2v) is 4.68. The topological polar surface area (TPSA) is 59.5 Å². The van der Waals surface area contributed by atoms with Gasteiger partial charge < -0.3 is 9.64 Å². The molecule has 0 saturated heterocycles. The van der Waals surface area contributed by atoms with Gasteiger partial charge in [-0.3, -0.25) is 14.6 Å². The Kier molecular flexibility index (Phi) is 4.87. The van der Waals surface area contributed by atoms with Crippen LogP contribution in [-0.2, 0) is 9.53 Å². The van der Waals surface area contributed by atoms with Crippen LogP contribution in [-0.4, -0.2) is 42.0 Å². The summed E-state index contributed by atoms with van der Waals surface area (Å²) < 4.78 is 4.66. The molecule has 1 aromatic carbocycles. The number of aromatic nitrogens is 1. The van der Waals surface area contributed by atoms with Gasteiger partial charge in [0.15, 0.2) is 0 Å². The smallest absolute Gasteiger partial charge is 0.325 e. The van der Waals surface area contributed by atoms with Gasteiger partial charge in [-0.15, -0.1) is 0 Å². The minimum absolute atomic E-state index is 0.0418. The number of carbonyl (C=O) groups is 2. The fourth-order valence-corrected chi connectivity index (χ4v) is 2.20. The van der Waals surface area contributed by atoms with Crippen molar-refractivity contribution in [2.45, 2.75) is 13.3 Å². The van der Waals surface area contributed by atoms with Crippen LogP contribution in [0.15, 0.2) is 36.5 Å². The van der Waals surface area contributed by atoms with Crippen LogP contribution in [0.25, 0.3) is 10.9 Å². The molecule has 5 heteroatoms. The summed E-state index contributed by atoms with van der Waals surface area (Å²) in [5.74, 6) is -0.601. The maximum absolute atomic E-state index is 12.7. The predicted octanol–water partition coefficient (Wildman–Crippen LogP) is 2.26. The molecule has 0 unspecified atom stereocenters. The fraction of sp³-hybridized carbons (Fsp3) is 0.312. The summed E-state index contributed by atoms with van der Waals surface area (Å²) in [5, 5.41) is 0.788. The van der Waals surface area contributed by atoms with Crippen molar-refractivity contribution in [2.24, 2.45) is 0 Å². The summed E-state index contributed by atoms with van der Waals surface area (Å²) in [7, 11) is 1.32. The highest BCUT2D eigenvalue weighted by atomic mass is 16.5. The van der Waals surface area contributed by atoms with E-state index in [1.165, 1.54) is 12.0 Å². The quantitative estimate of drug-likeness (QED) is 0.791. The number of hydrogen-bond donors (Lipinski definition) is 0. The molecule has 1 aromatic heterocycles. The molecule has 110 valence electrons. The third kappa shape index (κ3) is 3.37. The normalized spacial score (nSPS) is 10.4. The van der Waals surface area contributed by atoms with E-state index >= 15 is 0 Å². The number of nitrogens with zero attached hydrogens (tertiary/aromatic N) is 2. The zero-order chi connectivity index (χ0) is 15.2. The number of methoxy groups -OCH3 is 1. The third-order valence-corrected chi connectivity index (χ3v) is 3.20. The Morgan fingerprint density at radius 1 is 1.24 bits per heavy atom. The minimum Gasteiger partial charge on any atom is -0.468 e. The Hall–Kier alpha value is -2.43. The number of ether oxygens (including phenoxy) is 1. The summed E-state index contributed by atoms with van der Waals surface area (Å²) >= 11 is 0. The van der Waals surface area contributed by atoms with E-state index in [0.717, 1.165) is 17.3 Å². The average molecular weight is 286 g/mol. The maximum atomic E-state index is 12.7. The Bertz CT molecular complexity index is 650. The predicted molar refractivity (Wildman–Crippen MR) is 80.0 cm³/mol. The van der Waals surface area contributed by atoms with Gasteiger partial charge in [0.1, 0.15) is 6.54 Å². The van der Waals surface area contributed by atoms with Crippen LogP contribution in [0.3, 0.4) is 0 Å². The number of benzene rings is 1. The number of hydrogen-bond acceptors (Lipinski definition) is 4. The highest BCUT2D eigenvalue weighted by Gasteiger charge is 2.20. The van der Waals surface area contributed by atoms with E-state index in [0.29, 0.717) is 12.1 Å². The molecule has 2 aromatic rings. The lowest BCUT2D eigenvalue weighted by atomic mass is 10.1. The number of amides is 1. The maximum Gasteiger partial charge on any atom is 0.325 e. The zero-order valence-electron chi connectivity index (χ0n) is 12.2. The zero-order valence-corrected chi connectivity index (χ0v) is 12.2.